The molecular formula is C12H14N2. The fourth-order valence-electron chi connectivity index (χ4n) is 1.80. The van der Waals surface area contributed by atoms with Crippen molar-refractivity contribution in [2.24, 2.45) is 0 Å². The Kier molecular flexibility index (Phi) is 2.12. The molecule has 0 unspecified atom stereocenters. The SMILES string of the molecule is Cc1ccc2cccnc2c1N(C)C. The van der Waals surface area contributed by atoms with Crippen LogP contribution in [0.25, 0.3) is 10.9 Å². The largest absolute Gasteiger partial charge is 0.376 e. The van der Waals surface area contributed by atoms with Gasteiger partial charge in [0.1, 0.15) is 0 Å². The van der Waals surface area contributed by atoms with Gasteiger partial charge in [-0.2, -0.15) is 0 Å². The highest BCUT2D eigenvalue weighted by atomic mass is 15.1. The third-order valence-corrected chi connectivity index (χ3v) is 2.40. The average molecular weight is 186 g/mol. The molecule has 0 radical (unpaired) electrons. The second kappa shape index (κ2) is 3.29. The van der Waals surface area contributed by atoms with Gasteiger partial charge in [-0.25, -0.2) is 0 Å². The van der Waals surface area contributed by atoms with E-state index in [1.165, 1.54) is 16.6 Å². The molecule has 0 atom stereocenters. The van der Waals surface area contributed by atoms with Crippen LogP contribution >= 0.6 is 0 Å². The van der Waals surface area contributed by atoms with Crippen LogP contribution in [0.15, 0.2) is 30.5 Å². The smallest absolute Gasteiger partial charge is 0.0937 e. The number of hydrogen-bond acceptors (Lipinski definition) is 2. The number of hydrogen-bond donors (Lipinski definition) is 0. The van der Waals surface area contributed by atoms with Crippen LogP contribution in [-0.4, -0.2) is 19.1 Å². The van der Waals surface area contributed by atoms with E-state index in [-0.39, 0.29) is 0 Å². The summed E-state index contributed by atoms with van der Waals surface area (Å²) in [5.74, 6) is 0. The van der Waals surface area contributed by atoms with Gasteiger partial charge in [0.2, 0.25) is 0 Å². The highest BCUT2D eigenvalue weighted by Crippen LogP contribution is 2.26. The van der Waals surface area contributed by atoms with Crippen molar-refractivity contribution in [2.75, 3.05) is 19.0 Å². The van der Waals surface area contributed by atoms with Crippen molar-refractivity contribution in [3.63, 3.8) is 0 Å². The van der Waals surface area contributed by atoms with E-state index in [1.807, 2.05) is 12.3 Å². The Hall–Kier alpha value is -1.57. The van der Waals surface area contributed by atoms with E-state index < -0.39 is 0 Å². The minimum absolute atomic E-state index is 1.08. The lowest BCUT2D eigenvalue weighted by atomic mass is 10.1. The molecule has 2 nitrogen and oxygen atoms in total. The second-order valence-corrected chi connectivity index (χ2v) is 3.70. The molecule has 0 aliphatic heterocycles. The molecule has 0 N–H and O–H groups in total. The lowest BCUT2D eigenvalue weighted by Crippen LogP contribution is -2.11. The zero-order valence-electron chi connectivity index (χ0n) is 8.78. The Bertz CT molecular complexity index is 461. The van der Waals surface area contributed by atoms with Gasteiger partial charge >= 0.3 is 0 Å². The summed E-state index contributed by atoms with van der Waals surface area (Å²) in [6, 6.07) is 8.32. The standard InChI is InChI=1S/C12H14N2/c1-9-6-7-10-5-4-8-13-11(10)12(9)14(2)3/h4-8H,1-3H3. The Labute approximate surface area is 84.2 Å². The molecule has 0 fully saturated rings. The molecule has 14 heavy (non-hydrogen) atoms. The van der Waals surface area contributed by atoms with E-state index in [1.54, 1.807) is 0 Å². The normalized spacial score (nSPS) is 10.5. The van der Waals surface area contributed by atoms with Crippen molar-refractivity contribution < 1.29 is 0 Å². The molecule has 72 valence electrons. The van der Waals surface area contributed by atoms with E-state index in [2.05, 4.69) is 49.1 Å². The van der Waals surface area contributed by atoms with Crippen LogP contribution in [0.4, 0.5) is 5.69 Å². The predicted octanol–water partition coefficient (Wildman–Crippen LogP) is 2.61. The second-order valence-electron chi connectivity index (χ2n) is 3.70. The summed E-state index contributed by atoms with van der Waals surface area (Å²) < 4.78 is 0. The Balaban J connectivity index is 2.83. The molecule has 1 aromatic heterocycles. The van der Waals surface area contributed by atoms with Crippen LogP contribution in [0.3, 0.4) is 0 Å². The topological polar surface area (TPSA) is 16.1 Å². The van der Waals surface area contributed by atoms with Crippen LogP contribution in [0.5, 0.6) is 0 Å². The number of rotatable bonds is 1. The summed E-state index contributed by atoms with van der Waals surface area (Å²) in [5.41, 5.74) is 3.56. The van der Waals surface area contributed by atoms with Gasteiger partial charge in [-0.05, 0) is 18.6 Å². The third kappa shape index (κ3) is 1.33. The van der Waals surface area contributed by atoms with Crippen LogP contribution < -0.4 is 4.90 Å². The van der Waals surface area contributed by atoms with Crippen molar-refractivity contribution in [2.45, 2.75) is 6.92 Å². The zero-order valence-corrected chi connectivity index (χ0v) is 8.78. The van der Waals surface area contributed by atoms with E-state index in [0.717, 1.165) is 5.52 Å². The van der Waals surface area contributed by atoms with Crippen molar-refractivity contribution in [1.82, 2.24) is 4.98 Å². The van der Waals surface area contributed by atoms with Crippen LogP contribution in [0.2, 0.25) is 0 Å². The number of pyridine rings is 1. The maximum atomic E-state index is 4.42. The molecule has 0 amide bonds. The summed E-state index contributed by atoms with van der Waals surface area (Å²) in [6.07, 6.45) is 1.84. The molecule has 0 saturated carbocycles. The predicted molar refractivity (Wildman–Crippen MR) is 60.8 cm³/mol. The third-order valence-electron chi connectivity index (χ3n) is 2.40. The number of anilines is 1. The number of aromatic nitrogens is 1. The summed E-state index contributed by atoms with van der Waals surface area (Å²) >= 11 is 0. The molecule has 0 saturated heterocycles. The number of fused-ring (bicyclic) bond motifs is 1. The quantitative estimate of drug-likeness (QED) is 0.680. The summed E-state index contributed by atoms with van der Waals surface area (Å²) in [5, 5.41) is 1.20. The van der Waals surface area contributed by atoms with Crippen molar-refractivity contribution >= 4 is 16.6 Å². The fraction of sp³-hybridized carbons (Fsp3) is 0.250. The number of aryl methyl sites for hydroxylation is 1. The first kappa shape index (κ1) is 9.00. The lowest BCUT2D eigenvalue weighted by Gasteiger charge is -2.17. The molecular weight excluding hydrogens is 172 g/mol. The van der Waals surface area contributed by atoms with Gasteiger partial charge in [-0.1, -0.05) is 18.2 Å². The molecule has 0 aliphatic rings. The van der Waals surface area contributed by atoms with Crippen molar-refractivity contribution in [3.05, 3.63) is 36.0 Å². The van der Waals surface area contributed by atoms with E-state index >= 15 is 0 Å². The highest BCUT2D eigenvalue weighted by molar-refractivity contribution is 5.92. The fourth-order valence-corrected chi connectivity index (χ4v) is 1.80. The molecule has 2 heteroatoms. The maximum Gasteiger partial charge on any atom is 0.0937 e. The van der Waals surface area contributed by atoms with Gasteiger partial charge in [0.15, 0.2) is 0 Å². The van der Waals surface area contributed by atoms with E-state index in [0.29, 0.717) is 0 Å². The van der Waals surface area contributed by atoms with Crippen molar-refractivity contribution in [3.8, 4) is 0 Å². The van der Waals surface area contributed by atoms with Gasteiger partial charge < -0.3 is 4.90 Å². The van der Waals surface area contributed by atoms with Gasteiger partial charge in [0, 0.05) is 25.7 Å². The maximum absolute atomic E-state index is 4.42. The zero-order chi connectivity index (χ0) is 10.1. The van der Waals surface area contributed by atoms with E-state index in [4.69, 9.17) is 0 Å². The van der Waals surface area contributed by atoms with Crippen molar-refractivity contribution in [1.29, 1.82) is 0 Å². The highest BCUT2D eigenvalue weighted by Gasteiger charge is 2.06. The monoisotopic (exact) mass is 186 g/mol. The molecule has 2 aromatic rings. The Morgan fingerprint density at radius 3 is 2.64 bits per heavy atom. The summed E-state index contributed by atoms with van der Waals surface area (Å²) in [4.78, 5) is 6.54. The minimum Gasteiger partial charge on any atom is -0.376 e. The number of benzene rings is 1. The Morgan fingerprint density at radius 2 is 1.93 bits per heavy atom. The molecule has 2 rings (SSSR count). The first-order valence-corrected chi connectivity index (χ1v) is 4.72. The number of nitrogens with zero attached hydrogens (tertiary/aromatic N) is 2. The van der Waals surface area contributed by atoms with Crippen LogP contribution in [0, 0.1) is 6.92 Å². The molecule has 0 aliphatic carbocycles. The van der Waals surface area contributed by atoms with E-state index in [9.17, 15) is 0 Å². The van der Waals surface area contributed by atoms with Gasteiger partial charge in [-0.15, -0.1) is 0 Å². The van der Waals surface area contributed by atoms with Gasteiger partial charge in [0.05, 0.1) is 11.2 Å². The first-order chi connectivity index (χ1) is 6.70. The average Bonchev–Trinajstić information content (AvgIpc) is 2.17. The molecule has 0 bridgehead atoms. The minimum atomic E-state index is 1.08. The summed E-state index contributed by atoms with van der Waals surface area (Å²) in [7, 11) is 4.10. The molecule has 1 heterocycles. The first-order valence-electron chi connectivity index (χ1n) is 4.72. The lowest BCUT2D eigenvalue weighted by molar-refractivity contribution is 1.12. The molecule has 1 aromatic carbocycles. The summed E-state index contributed by atoms with van der Waals surface area (Å²) in [6.45, 7) is 2.11. The van der Waals surface area contributed by atoms with Gasteiger partial charge in [0.25, 0.3) is 0 Å². The van der Waals surface area contributed by atoms with Crippen LogP contribution in [0.1, 0.15) is 5.56 Å². The Morgan fingerprint density at radius 1 is 1.14 bits per heavy atom. The van der Waals surface area contributed by atoms with Crippen LogP contribution in [-0.2, 0) is 0 Å². The molecule has 0 spiro atoms. The van der Waals surface area contributed by atoms with Gasteiger partial charge in [-0.3, -0.25) is 4.98 Å².